The minimum atomic E-state index is -3.73. The van der Waals surface area contributed by atoms with E-state index in [0.29, 0.717) is 16.8 Å². The molecule has 0 aliphatic heterocycles. The van der Waals surface area contributed by atoms with E-state index in [2.05, 4.69) is 9.88 Å². The lowest BCUT2D eigenvalue weighted by molar-refractivity contribution is 0.390. The van der Waals surface area contributed by atoms with Crippen molar-refractivity contribution in [3.63, 3.8) is 0 Å². The Kier molecular flexibility index (Phi) is 3.92. The second kappa shape index (κ2) is 5.34. The van der Waals surface area contributed by atoms with Gasteiger partial charge in [0.25, 0.3) is 0 Å². The minimum absolute atomic E-state index is 0.00356. The van der Waals surface area contributed by atoms with E-state index in [1.807, 2.05) is 0 Å². The highest BCUT2D eigenvalue weighted by Crippen LogP contribution is 2.19. The molecule has 0 amide bonds. The van der Waals surface area contributed by atoms with Crippen molar-refractivity contribution in [1.82, 2.24) is 9.88 Å². The van der Waals surface area contributed by atoms with Crippen LogP contribution in [0.25, 0.3) is 0 Å². The van der Waals surface area contributed by atoms with Gasteiger partial charge in [0.2, 0.25) is 10.0 Å². The predicted octanol–water partition coefficient (Wildman–Crippen LogP) is 2.22. The quantitative estimate of drug-likeness (QED) is 0.939. The van der Waals surface area contributed by atoms with Crippen LogP contribution in [0.2, 0.25) is 0 Å². The molecule has 0 unspecified atom stereocenters. The molecule has 0 fully saturated rings. The lowest BCUT2D eigenvalue weighted by atomic mass is 10.1. The van der Waals surface area contributed by atoms with Crippen LogP contribution < -0.4 is 4.72 Å². The number of hydrogen-bond donors (Lipinski definition) is 1. The summed E-state index contributed by atoms with van der Waals surface area (Å²) in [7, 11) is -3.73. The van der Waals surface area contributed by atoms with E-state index in [4.69, 9.17) is 4.52 Å². The van der Waals surface area contributed by atoms with Crippen LogP contribution in [0, 0.1) is 26.6 Å². The van der Waals surface area contributed by atoms with Gasteiger partial charge in [0.15, 0.2) is 5.76 Å². The molecular formula is C13H15FN2O3S. The van der Waals surface area contributed by atoms with Crippen molar-refractivity contribution in [2.24, 2.45) is 0 Å². The van der Waals surface area contributed by atoms with Crippen molar-refractivity contribution in [2.75, 3.05) is 0 Å². The molecule has 0 spiro atoms. The second-order valence-corrected chi connectivity index (χ2v) is 6.27. The zero-order valence-electron chi connectivity index (χ0n) is 11.4. The Balaban J connectivity index is 2.19. The number of aryl methyl sites for hydroxylation is 3. The van der Waals surface area contributed by atoms with Gasteiger partial charge in [-0.3, -0.25) is 0 Å². The van der Waals surface area contributed by atoms with E-state index in [9.17, 15) is 12.8 Å². The first-order valence-corrected chi connectivity index (χ1v) is 7.47. The number of nitrogens with one attached hydrogen (secondary N) is 1. The first kappa shape index (κ1) is 14.7. The van der Waals surface area contributed by atoms with E-state index < -0.39 is 10.0 Å². The Morgan fingerprint density at radius 1 is 1.30 bits per heavy atom. The molecule has 0 aliphatic rings. The van der Waals surface area contributed by atoms with Gasteiger partial charge in [-0.15, -0.1) is 0 Å². The molecule has 1 aromatic heterocycles. The topological polar surface area (TPSA) is 72.2 Å². The normalized spacial score (nSPS) is 11.8. The van der Waals surface area contributed by atoms with Gasteiger partial charge in [-0.05, 0) is 38.0 Å². The summed E-state index contributed by atoms with van der Waals surface area (Å²) in [5.41, 5.74) is 1.36. The average Bonchev–Trinajstić information content (AvgIpc) is 2.71. The molecule has 20 heavy (non-hydrogen) atoms. The maximum Gasteiger partial charge on any atom is 0.246 e. The number of rotatable bonds is 4. The van der Waals surface area contributed by atoms with Gasteiger partial charge in [0.1, 0.15) is 16.4 Å². The van der Waals surface area contributed by atoms with Crippen LogP contribution in [0.5, 0.6) is 0 Å². The molecular weight excluding hydrogens is 283 g/mol. The van der Waals surface area contributed by atoms with Crippen LogP contribution in [0.15, 0.2) is 27.6 Å². The van der Waals surface area contributed by atoms with E-state index in [1.54, 1.807) is 26.0 Å². The summed E-state index contributed by atoms with van der Waals surface area (Å²) in [5, 5.41) is 3.61. The third-order valence-electron chi connectivity index (χ3n) is 2.94. The SMILES string of the molecule is Cc1ccc(CNS(=O)(=O)c2c(C)noc2C)cc1F. The zero-order chi connectivity index (χ0) is 14.9. The molecule has 0 aliphatic carbocycles. The van der Waals surface area contributed by atoms with Crippen LogP contribution in [0.3, 0.4) is 0 Å². The van der Waals surface area contributed by atoms with Gasteiger partial charge in [-0.2, -0.15) is 0 Å². The Morgan fingerprint density at radius 3 is 2.55 bits per heavy atom. The standard InChI is InChI=1S/C13H15FN2O3S/c1-8-4-5-11(6-12(8)14)7-15-20(17,18)13-9(2)16-19-10(13)3/h4-6,15H,7H2,1-3H3. The van der Waals surface area contributed by atoms with Crippen molar-refractivity contribution in [1.29, 1.82) is 0 Å². The summed E-state index contributed by atoms with van der Waals surface area (Å²) in [5.74, 6) is -0.135. The summed E-state index contributed by atoms with van der Waals surface area (Å²) in [6, 6.07) is 4.59. The summed E-state index contributed by atoms with van der Waals surface area (Å²) < 4.78 is 45.0. The summed E-state index contributed by atoms with van der Waals surface area (Å²) in [4.78, 5) is 0.0325. The first-order valence-electron chi connectivity index (χ1n) is 5.99. The minimum Gasteiger partial charge on any atom is -0.360 e. The van der Waals surface area contributed by atoms with Gasteiger partial charge >= 0.3 is 0 Å². The van der Waals surface area contributed by atoms with E-state index in [0.717, 1.165) is 0 Å². The third-order valence-corrected chi connectivity index (χ3v) is 4.58. The Labute approximate surface area is 116 Å². The number of aromatic nitrogens is 1. The summed E-state index contributed by atoms with van der Waals surface area (Å²) in [6.45, 7) is 4.73. The molecule has 0 saturated heterocycles. The molecule has 1 heterocycles. The van der Waals surface area contributed by atoms with Crippen LogP contribution >= 0.6 is 0 Å². The highest BCUT2D eigenvalue weighted by molar-refractivity contribution is 7.89. The molecule has 0 saturated carbocycles. The van der Waals surface area contributed by atoms with E-state index in [1.165, 1.54) is 13.0 Å². The van der Waals surface area contributed by atoms with Gasteiger partial charge in [-0.25, -0.2) is 17.5 Å². The molecule has 108 valence electrons. The molecule has 1 aromatic carbocycles. The summed E-state index contributed by atoms with van der Waals surface area (Å²) in [6.07, 6.45) is 0. The molecule has 0 atom stereocenters. The number of halogens is 1. The highest BCUT2D eigenvalue weighted by Gasteiger charge is 2.23. The fraction of sp³-hybridized carbons (Fsp3) is 0.308. The Hall–Kier alpha value is -1.73. The van der Waals surface area contributed by atoms with Crippen LogP contribution in [-0.4, -0.2) is 13.6 Å². The maximum atomic E-state index is 13.4. The van der Waals surface area contributed by atoms with Crippen LogP contribution in [0.1, 0.15) is 22.6 Å². The van der Waals surface area contributed by atoms with Crippen molar-refractivity contribution in [3.05, 3.63) is 46.6 Å². The lowest BCUT2D eigenvalue weighted by Gasteiger charge is -2.07. The monoisotopic (exact) mass is 298 g/mol. The van der Waals surface area contributed by atoms with Gasteiger partial charge in [0.05, 0.1) is 0 Å². The molecule has 1 N–H and O–H groups in total. The fourth-order valence-corrected chi connectivity index (χ4v) is 3.20. The maximum absolute atomic E-state index is 13.4. The van der Waals surface area contributed by atoms with Crippen LogP contribution in [0.4, 0.5) is 4.39 Å². The third kappa shape index (κ3) is 2.88. The van der Waals surface area contributed by atoms with Crippen molar-refractivity contribution < 1.29 is 17.3 Å². The number of hydrogen-bond acceptors (Lipinski definition) is 4. The fourth-order valence-electron chi connectivity index (χ4n) is 1.86. The molecule has 0 bridgehead atoms. The number of sulfonamides is 1. The second-order valence-electron chi connectivity index (χ2n) is 4.56. The number of nitrogens with zero attached hydrogens (tertiary/aromatic N) is 1. The lowest BCUT2D eigenvalue weighted by Crippen LogP contribution is -2.24. The smallest absolute Gasteiger partial charge is 0.246 e. The average molecular weight is 298 g/mol. The van der Waals surface area contributed by atoms with Crippen molar-refractivity contribution in [3.8, 4) is 0 Å². The Bertz CT molecular complexity index is 719. The molecule has 2 rings (SSSR count). The largest absolute Gasteiger partial charge is 0.360 e. The van der Waals surface area contributed by atoms with Crippen molar-refractivity contribution >= 4 is 10.0 Å². The van der Waals surface area contributed by atoms with E-state index in [-0.39, 0.29) is 23.0 Å². The van der Waals surface area contributed by atoms with Gasteiger partial charge in [-0.1, -0.05) is 17.3 Å². The first-order chi connectivity index (χ1) is 9.31. The van der Waals surface area contributed by atoms with E-state index >= 15 is 0 Å². The van der Waals surface area contributed by atoms with Crippen molar-refractivity contribution in [2.45, 2.75) is 32.2 Å². The Morgan fingerprint density at radius 2 is 2.00 bits per heavy atom. The zero-order valence-corrected chi connectivity index (χ0v) is 12.2. The van der Waals surface area contributed by atoms with Gasteiger partial charge in [0, 0.05) is 6.54 Å². The molecule has 7 heteroatoms. The predicted molar refractivity (Wildman–Crippen MR) is 71.1 cm³/mol. The molecule has 0 radical (unpaired) electrons. The van der Waals surface area contributed by atoms with Crippen LogP contribution in [-0.2, 0) is 16.6 Å². The number of benzene rings is 1. The summed E-state index contributed by atoms with van der Waals surface area (Å²) >= 11 is 0. The molecule has 5 nitrogen and oxygen atoms in total. The van der Waals surface area contributed by atoms with Gasteiger partial charge < -0.3 is 4.52 Å². The highest BCUT2D eigenvalue weighted by atomic mass is 32.2. The molecule has 2 aromatic rings.